The van der Waals surface area contributed by atoms with Crippen molar-refractivity contribution in [2.24, 2.45) is 5.92 Å². The highest BCUT2D eigenvalue weighted by molar-refractivity contribution is 5.95. The third-order valence-electron chi connectivity index (χ3n) is 4.49. The number of carbonyl (C=O) groups excluding carboxylic acids is 1. The Kier molecular flexibility index (Phi) is 4.02. The van der Waals surface area contributed by atoms with Crippen molar-refractivity contribution >= 4 is 16.9 Å². The number of rotatable bonds is 4. The highest BCUT2D eigenvalue weighted by Gasteiger charge is 2.26. The van der Waals surface area contributed by atoms with Crippen LogP contribution in [-0.2, 0) is 11.2 Å². The SMILES string of the molecule is CC(C)(C)OC(=O)c1ccc2c(CC3CC3)n(-c3ccncc3)nc2c1. The van der Waals surface area contributed by atoms with Crippen LogP contribution in [0.3, 0.4) is 0 Å². The second-order valence-corrected chi connectivity index (χ2v) is 7.95. The number of pyridine rings is 1. The number of benzene rings is 1. The van der Waals surface area contributed by atoms with Gasteiger partial charge in [0, 0.05) is 17.8 Å². The molecule has 1 aliphatic carbocycles. The van der Waals surface area contributed by atoms with Crippen LogP contribution in [0.15, 0.2) is 42.7 Å². The van der Waals surface area contributed by atoms with Crippen molar-refractivity contribution < 1.29 is 9.53 Å². The van der Waals surface area contributed by atoms with Gasteiger partial charge >= 0.3 is 5.97 Å². The maximum absolute atomic E-state index is 12.4. The zero-order valence-corrected chi connectivity index (χ0v) is 15.4. The number of ether oxygens (including phenoxy) is 1. The molecular formula is C21H23N3O2. The molecule has 134 valence electrons. The molecule has 26 heavy (non-hydrogen) atoms. The van der Waals surface area contributed by atoms with Gasteiger partial charge in [0.15, 0.2) is 0 Å². The Morgan fingerprint density at radius 3 is 2.58 bits per heavy atom. The van der Waals surface area contributed by atoms with E-state index < -0.39 is 5.60 Å². The molecule has 4 rings (SSSR count). The highest BCUT2D eigenvalue weighted by atomic mass is 16.6. The van der Waals surface area contributed by atoms with Gasteiger partial charge in [-0.1, -0.05) is 6.07 Å². The lowest BCUT2D eigenvalue weighted by Gasteiger charge is -2.19. The minimum absolute atomic E-state index is 0.318. The smallest absolute Gasteiger partial charge is 0.338 e. The summed E-state index contributed by atoms with van der Waals surface area (Å²) < 4.78 is 7.48. The van der Waals surface area contributed by atoms with Crippen LogP contribution in [-0.4, -0.2) is 26.3 Å². The molecule has 0 bridgehead atoms. The Morgan fingerprint density at radius 2 is 1.92 bits per heavy atom. The Hall–Kier alpha value is -2.69. The van der Waals surface area contributed by atoms with Gasteiger partial charge in [0.25, 0.3) is 0 Å². The van der Waals surface area contributed by atoms with Gasteiger partial charge in [0.2, 0.25) is 0 Å². The molecule has 3 aromatic rings. The molecule has 0 N–H and O–H groups in total. The summed E-state index contributed by atoms with van der Waals surface area (Å²) in [6.45, 7) is 5.61. The van der Waals surface area contributed by atoms with Gasteiger partial charge in [0.05, 0.1) is 22.5 Å². The van der Waals surface area contributed by atoms with Crippen LogP contribution in [0.4, 0.5) is 0 Å². The normalized spacial score (nSPS) is 14.6. The standard InChI is InChI=1S/C21H23N3O2/c1-21(2,3)26-20(25)15-6-7-17-18(13-15)23-24(16-8-10-22-11-9-16)19(17)12-14-4-5-14/h6-11,13-14H,4-5,12H2,1-3H3. The Morgan fingerprint density at radius 1 is 1.19 bits per heavy atom. The number of carbonyl (C=O) groups is 1. The van der Waals surface area contributed by atoms with Crippen LogP contribution < -0.4 is 0 Å². The number of hydrogen-bond donors (Lipinski definition) is 0. The van der Waals surface area contributed by atoms with Crippen LogP contribution in [0, 0.1) is 5.92 Å². The van der Waals surface area contributed by atoms with Crippen molar-refractivity contribution in [3.8, 4) is 5.69 Å². The van der Waals surface area contributed by atoms with Crippen molar-refractivity contribution in [3.05, 3.63) is 54.0 Å². The van der Waals surface area contributed by atoms with E-state index in [2.05, 4.69) is 4.98 Å². The number of esters is 1. The maximum atomic E-state index is 12.4. The molecule has 0 atom stereocenters. The molecule has 0 spiro atoms. The predicted octanol–water partition coefficient (Wildman–Crippen LogP) is 4.33. The van der Waals surface area contributed by atoms with Gasteiger partial charge < -0.3 is 4.74 Å². The summed E-state index contributed by atoms with van der Waals surface area (Å²) in [7, 11) is 0. The van der Waals surface area contributed by atoms with Crippen molar-refractivity contribution in [3.63, 3.8) is 0 Å². The molecule has 1 aliphatic rings. The zero-order valence-electron chi connectivity index (χ0n) is 15.4. The second-order valence-electron chi connectivity index (χ2n) is 7.95. The zero-order chi connectivity index (χ0) is 18.3. The Balaban J connectivity index is 1.77. The maximum Gasteiger partial charge on any atom is 0.338 e. The average molecular weight is 349 g/mol. The van der Waals surface area contributed by atoms with Crippen LogP contribution in [0.1, 0.15) is 49.7 Å². The molecule has 0 radical (unpaired) electrons. The van der Waals surface area contributed by atoms with E-state index in [0.29, 0.717) is 5.56 Å². The second kappa shape index (κ2) is 6.24. The van der Waals surface area contributed by atoms with E-state index in [1.165, 1.54) is 18.5 Å². The molecule has 5 nitrogen and oxygen atoms in total. The Labute approximate surface area is 153 Å². The number of fused-ring (bicyclic) bond motifs is 1. The fraction of sp³-hybridized carbons (Fsp3) is 0.381. The van der Waals surface area contributed by atoms with Crippen LogP contribution in [0.5, 0.6) is 0 Å². The molecule has 0 unspecified atom stereocenters. The summed E-state index contributed by atoms with van der Waals surface area (Å²) in [4.78, 5) is 16.5. The van der Waals surface area contributed by atoms with Crippen molar-refractivity contribution in [1.82, 2.24) is 14.8 Å². The van der Waals surface area contributed by atoms with Crippen molar-refractivity contribution in [2.45, 2.75) is 45.6 Å². The summed E-state index contributed by atoms with van der Waals surface area (Å²) >= 11 is 0. The third-order valence-corrected chi connectivity index (χ3v) is 4.49. The highest BCUT2D eigenvalue weighted by Crippen LogP contribution is 2.35. The number of aromatic nitrogens is 3. The minimum Gasteiger partial charge on any atom is -0.456 e. The first kappa shape index (κ1) is 16.8. The predicted molar refractivity (Wildman–Crippen MR) is 100 cm³/mol. The lowest BCUT2D eigenvalue weighted by atomic mass is 10.1. The molecule has 0 aliphatic heterocycles. The first-order chi connectivity index (χ1) is 12.4. The van der Waals surface area contributed by atoms with Crippen LogP contribution >= 0.6 is 0 Å². The fourth-order valence-electron chi connectivity index (χ4n) is 3.10. The van der Waals surface area contributed by atoms with Crippen LogP contribution in [0.25, 0.3) is 16.6 Å². The molecule has 2 aromatic heterocycles. The molecule has 0 saturated heterocycles. The molecule has 0 amide bonds. The number of nitrogens with zero attached hydrogens (tertiary/aromatic N) is 3. The van der Waals surface area contributed by atoms with E-state index in [9.17, 15) is 4.79 Å². The van der Waals surface area contributed by atoms with E-state index in [-0.39, 0.29) is 5.97 Å². The summed E-state index contributed by atoms with van der Waals surface area (Å²) in [5, 5.41) is 5.88. The lowest BCUT2D eigenvalue weighted by Crippen LogP contribution is -2.23. The van der Waals surface area contributed by atoms with Gasteiger partial charge in [-0.3, -0.25) is 4.98 Å². The van der Waals surface area contributed by atoms with Gasteiger partial charge in [-0.05, 0) is 70.2 Å². The van der Waals surface area contributed by atoms with E-state index >= 15 is 0 Å². The van der Waals surface area contributed by atoms with Crippen molar-refractivity contribution in [1.29, 1.82) is 0 Å². The first-order valence-electron chi connectivity index (χ1n) is 9.06. The molecule has 5 heteroatoms. The summed E-state index contributed by atoms with van der Waals surface area (Å²) in [5.74, 6) is 0.419. The quantitative estimate of drug-likeness (QED) is 0.658. The molecular weight excluding hydrogens is 326 g/mol. The molecule has 1 aromatic carbocycles. The summed E-state index contributed by atoms with van der Waals surface area (Å²) in [5.41, 5.74) is 3.03. The van der Waals surface area contributed by atoms with E-state index in [4.69, 9.17) is 9.84 Å². The van der Waals surface area contributed by atoms with Crippen LogP contribution in [0.2, 0.25) is 0 Å². The lowest BCUT2D eigenvalue weighted by molar-refractivity contribution is 0.00697. The summed E-state index contributed by atoms with van der Waals surface area (Å²) in [6, 6.07) is 9.58. The van der Waals surface area contributed by atoms with Gasteiger partial charge in [0.1, 0.15) is 5.60 Å². The molecule has 1 saturated carbocycles. The molecule has 2 heterocycles. The van der Waals surface area contributed by atoms with E-state index in [1.807, 2.05) is 55.8 Å². The molecule has 1 fully saturated rings. The topological polar surface area (TPSA) is 57.0 Å². The number of hydrogen-bond acceptors (Lipinski definition) is 4. The van der Waals surface area contributed by atoms with Crippen molar-refractivity contribution in [2.75, 3.05) is 0 Å². The Bertz CT molecular complexity index is 951. The minimum atomic E-state index is -0.514. The van der Waals surface area contributed by atoms with Gasteiger partial charge in [-0.25, -0.2) is 9.48 Å². The third kappa shape index (κ3) is 3.47. The first-order valence-corrected chi connectivity index (χ1v) is 9.06. The van der Waals surface area contributed by atoms with Gasteiger partial charge in [-0.15, -0.1) is 0 Å². The monoisotopic (exact) mass is 349 g/mol. The van der Waals surface area contributed by atoms with Gasteiger partial charge in [-0.2, -0.15) is 5.10 Å². The van der Waals surface area contributed by atoms with E-state index in [0.717, 1.165) is 28.9 Å². The van der Waals surface area contributed by atoms with E-state index in [1.54, 1.807) is 12.4 Å². The fourth-order valence-corrected chi connectivity index (χ4v) is 3.10. The average Bonchev–Trinajstić information content (AvgIpc) is 3.34. The largest absolute Gasteiger partial charge is 0.456 e. The summed E-state index contributed by atoms with van der Waals surface area (Å²) in [6.07, 6.45) is 7.10.